The Morgan fingerprint density at radius 3 is 3.08 bits per heavy atom. The molecule has 0 amide bonds. The zero-order chi connectivity index (χ0) is 9.26. The van der Waals surface area contributed by atoms with Crippen molar-refractivity contribution in [3.63, 3.8) is 0 Å². The molecule has 70 valence electrons. The molecule has 2 rings (SSSR count). The Labute approximate surface area is 80.3 Å². The van der Waals surface area contributed by atoms with Gasteiger partial charge in [-0.15, -0.1) is 0 Å². The fraction of sp³-hybridized carbons (Fsp3) is 0.500. The molecule has 0 radical (unpaired) electrons. The molecule has 13 heavy (non-hydrogen) atoms. The van der Waals surface area contributed by atoms with Crippen LogP contribution in [0.25, 0.3) is 0 Å². The zero-order valence-electron chi connectivity index (χ0n) is 7.01. The van der Waals surface area contributed by atoms with Gasteiger partial charge in [-0.2, -0.15) is 0 Å². The first-order valence-electron chi connectivity index (χ1n) is 4.23. The maximum atomic E-state index is 10.8. The van der Waals surface area contributed by atoms with Gasteiger partial charge in [0.25, 0.3) is 0 Å². The molecular weight excluding hydrogens is 190 g/mol. The summed E-state index contributed by atoms with van der Waals surface area (Å²) in [5.74, 6) is 0.386. The first-order chi connectivity index (χ1) is 6.27. The average molecular weight is 200 g/mol. The van der Waals surface area contributed by atoms with Crippen molar-refractivity contribution in [1.29, 1.82) is 0 Å². The van der Waals surface area contributed by atoms with E-state index in [2.05, 4.69) is 15.3 Å². The standard InChI is InChI=1S/C8H10ClN3O/c9-7-6(4-11-8(13)12-7)5-1-2-10-3-5/h4-5,10H,1-3H2,(H,11,12,13). The van der Waals surface area contributed by atoms with Crippen molar-refractivity contribution in [1.82, 2.24) is 15.3 Å². The first-order valence-corrected chi connectivity index (χ1v) is 4.60. The van der Waals surface area contributed by atoms with Crippen LogP contribution >= 0.6 is 11.6 Å². The molecule has 0 aliphatic carbocycles. The minimum absolute atomic E-state index is 0.386. The maximum absolute atomic E-state index is 10.8. The third kappa shape index (κ3) is 1.73. The van der Waals surface area contributed by atoms with E-state index in [0.29, 0.717) is 11.1 Å². The fourth-order valence-corrected chi connectivity index (χ4v) is 1.87. The zero-order valence-corrected chi connectivity index (χ0v) is 7.77. The van der Waals surface area contributed by atoms with Gasteiger partial charge in [0, 0.05) is 24.2 Å². The number of rotatable bonds is 1. The Kier molecular flexibility index (Phi) is 2.33. The largest absolute Gasteiger partial charge is 0.346 e. The highest BCUT2D eigenvalue weighted by Crippen LogP contribution is 2.25. The van der Waals surface area contributed by atoms with Gasteiger partial charge in [0.1, 0.15) is 5.15 Å². The number of nitrogens with zero attached hydrogens (tertiary/aromatic N) is 1. The summed E-state index contributed by atoms with van der Waals surface area (Å²) in [6.45, 7) is 1.91. The van der Waals surface area contributed by atoms with Crippen LogP contribution in [-0.4, -0.2) is 23.1 Å². The summed E-state index contributed by atoms with van der Waals surface area (Å²) in [5.41, 5.74) is 0.547. The summed E-state index contributed by atoms with van der Waals surface area (Å²) in [4.78, 5) is 16.9. The Morgan fingerprint density at radius 2 is 2.46 bits per heavy atom. The van der Waals surface area contributed by atoms with Crippen LogP contribution in [-0.2, 0) is 0 Å². The van der Waals surface area contributed by atoms with Crippen molar-refractivity contribution < 1.29 is 0 Å². The van der Waals surface area contributed by atoms with Crippen LogP contribution in [0.1, 0.15) is 17.9 Å². The molecule has 1 aromatic heterocycles. The Balaban J connectivity index is 2.34. The molecule has 2 N–H and O–H groups in total. The van der Waals surface area contributed by atoms with Gasteiger partial charge in [-0.25, -0.2) is 9.78 Å². The molecule has 0 saturated carbocycles. The Hall–Kier alpha value is -0.870. The maximum Gasteiger partial charge on any atom is 0.346 e. The van der Waals surface area contributed by atoms with E-state index in [4.69, 9.17) is 11.6 Å². The second-order valence-electron chi connectivity index (χ2n) is 3.15. The second-order valence-corrected chi connectivity index (χ2v) is 3.53. The lowest BCUT2D eigenvalue weighted by Crippen LogP contribution is -2.14. The van der Waals surface area contributed by atoms with Crippen LogP contribution in [0.3, 0.4) is 0 Å². The molecule has 1 aliphatic rings. The minimum Gasteiger partial charge on any atom is -0.316 e. The number of nitrogens with one attached hydrogen (secondary N) is 2. The van der Waals surface area contributed by atoms with Gasteiger partial charge in [0.2, 0.25) is 0 Å². The summed E-state index contributed by atoms with van der Waals surface area (Å²) in [6.07, 6.45) is 2.62. The molecule has 5 heteroatoms. The second kappa shape index (κ2) is 3.47. The highest BCUT2D eigenvalue weighted by atomic mass is 35.5. The summed E-state index contributed by atoms with van der Waals surface area (Å²) in [6, 6.07) is 0. The summed E-state index contributed by atoms with van der Waals surface area (Å²) < 4.78 is 0. The van der Waals surface area contributed by atoms with Gasteiger partial charge in [0.15, 0.2) is 0 Å². The number of hydrogen-bond acceptors (Lipinski definition) is 3. The van der Waals surface area contributed by atoms with Crippen molar-refractivity contribution in [2.45, 2.75) is 12.3 Å². The predicted octanol–water partition coefficient (Wildman–Crippen LogP) is 0.500. The van der Waals surface area contributed by atoms with Gasteiger partial charge in [-0.05, 0) is 13.0 Å². The topological polar surface area (TPSA) is 57.8 Å². The van der Waals surface area contributed by atoms with Gasteiger partial charge < -0.3 is 5.32 Å². The fourth-order valence-electron chi connectivity index (χ4n) is 1.59. The molecule has 0 spiro atoms. The Morgan fingerprint density at radius 1 is 1.62 bits per heavy atom. The molecule has 1 unspecified atom stereocenters. The van der Waals surface area contributed by atoms with E-state index in [1.165, 1.54) is 0 Å². The van der Waals surface area contributed by atoms with Crippen LogP contribution in [0.4, 0.5) is 0 Å². The predicted molar refractivity (Wildman–Crippen MR) is 50.1 cm³/mol. The van der Waals surface area contributed by atoms with E-state index in [0.717, 1.165) is 25.1 Å². The first kappa shape index (κ1) is 8.72. The third-order valence-corrected chi connectivity index (χ3v) is 2.60. The van der Waals surface area contributed by atoms with Crippen molar-refractivity contribution in [3.8, 4) is 0 Å². The van der Waals surface area contributed by atoms with Crippen LogP contribution in [0.2, 0.25) is 5.15 Å². The number of halogens is 1. The molecule has 1 fully saturated rings. The summed E-state index contributed by atoms with van der Waals surface area (Å²) in [7, 11) is 0. The van der Waals surface area contributed by atoms with Gasteiger partial charge in [-0.1, -0.05) is 11.6 Å². The minimum atomic E-state index is -0.389. The highest BCUT2D eigenvalue weighted by molar-refractivity contribution is 6.30. The quantitative estimate of drug-likeness (QED) is 0.648. The van der Waals surface area contributed by atoms with Gasteiger partial charge in [-0.3, -0.25) is 4.98 Å². The average Bonchev–Trinajstić information content (AvgIpc) is 2.56. The number of H-pyrrole nitrogens is 1. The molecule has 1 saturated heterocycles. The molecule has 0 aromatic carbocycles. The normalized spacial score (nSPS) is 22.1. The Bertz CT molecular complexity index is 357. The molecule has 1 aromatic rings. The number of aromatic amines is 1. The summed E-state index contributed by atoms with van der Waals surface area (Å²) >= 11 is 5.89. The third-order valence-electron chi connectivity index (χ3n) is 2.29. The molecule has 0 bridgehead atoms. The molecular formula is C8H10ClN3O. The van der Waals surface area contributed by atoms with Crippen LogP contribution in [0, 0.1) is 0 Å². The van der Waals surface area contributed by atoms with Crippen LogP contribution in [0.15, 0.2) is 11.0 Å². The SMILES string of the molecule is O=c1ncc(C2CCNC2)c(Cl)[nH]1. The van der Waals surface area contributed by atoms with Crippen molar-refractivity contribution in [2.24, 2.45) is 0 Å². The van der Waals surface area contributed by atoms with E-state index >= 15 is 0 Å². The summed E-state index contributed by atoms with van der Waals surface area (Å²) in [5, 5.41) is 3.66. The van der Waals surface area contributed by atoms with E-state index in [1.54, 1.807) is 6.20 Å². The van der Waals surface area contributed by atoms with E-state index in [1.807, 2.05) is 0 Å². The van der Waals surface area contributed by atoms with E-state index < -0.39 is 0 Å². The molecule has 1 atom stereocenters. The highest BCUT2D eigenvalue weighted by Gasteiger charge is 2.19. The van der Waals surface area contributed by atoms with Gasteiger partial charge in [0.05, 0.1) is 0 Å². The van der Waals surface area contributed by atoms with Crippen molar-refractivity contribution in [3.05, 3.63) is 27.4 Å². The smallest absolute Gasteiger partial charge is 0.316 e. The van der Waals surface area contributed by atoms with E-state index in [9.17, 15) is 4.79 Å². The van der Waals surface area contributed by atoms with Crippen LogP contribution < -0.4 is 11.0 Å². The lowest BCUT2D eigenvalue weighted by molar-refractivity contribution is 0.749. The molecule has 4 nitrogen and oxygen atoms in total. The number of hydrogen-bond donors (Lipinski definition) is 2. The lowest BCUT2D eigenvalue weighted by Gasteiger charge is -2.08. The molecule has 2 heterocycles. The monoisotopic (exact) mass is 199 g/mol. The van der Waals surface area contributed by atoms with Crippen molar-refractivity contribution >= 4 is 11.6 Å². The van der Waals surface area contributed by atoms with Crippen molar-refractivity contribution in [2.75, 3.05) is 13.1 Å². The van der Waals surface area contributed by atoms with Gasteiger partial charge >= 0.3 is 5.69 Å². The van der Waals surface area contributed by atoms with E-state index in [-0.39, 0.29) is 5.69 Å². The van der Waals surface area contributed by atoms with Crippen LogP contribution in [0.5, 0.6) is 0 Å². The lowest BCUT2D eigenvalue weighted by atomic mass is 10.0. The molecule has 1 aliphatic heterocycles. The number of aromatic nitrogens is 2.